The van der Waals surface area contributed by atoms with Crippen LogP contribution in [-0.4, -0.2) is 21.1 Å². The fourth-order valence-corrected chi connectivity index (χ4v) is 2.77. The molecule has 0 aliphatic carbocycles. The van der Waals surface area contributed by atoms with Crippen LogP contribution in [0.4, 0.5) is 5.69 Å². The normalized spacial score (nSPS) is 12.0. The van der Waals surface area contributed by atoms with Crippen LogP contribution in [0, 0.1) is 20.8 Å². The molecule has 6 heteroatoms. The van der Waals surface area contributed by atoms with Crippen LogP contribution >= 0.6 is 23.4 Å². The second-order valence-electron chi connectivity index (χ2n) is 5.06. The molecule has 0 saturated heterocycles. The van der Waals surface area contributed by atoms with Gasteiger partial charge in [0.05, 0.1) is 5.25 Å². The third kappa shape index (κ3) is 4.21. The number of carbonyl (C=O) groups is 1. The molecule has 0 fully saturated rings. The van der Waals surface area contributed by atoms with Crippen molar-refractivity contribution in [2.75, 3.05) is 5.32 Å². The summed E-state index contributed by atoms with van der Waals surface area (Å²) in [6.45, 7) is 7.73. The number of rotatable bonds is 4. The van der Waals surface area contributed by atoms with E-state index < -0.39 is 0 Å². The average molecular weight is 336 g/mol. The molecule has 0 saturated carbocycles. The van der Waals surface area contributed by atoms with E-state index in [1.54, 1.807) is 24.3 Å². The molecule has 0 unspecified atom stereocenters. The Balaban J connectivity index is 2.03. The predicted octanol–water partition coefficient (Wildman–Crippen LogP) is 4.17. The van der Waals surface area contributed by atoms with Gasteiger partial charge in [0, 0.05) is 22.1 Å². The SMILES string of the molecule is Cc1nc(S[C@H](C)C(=O)Nc2ccc(Cl)cc2)nc(C)c1C. The maximum Gasteiger partial charge on any atom is 0.237 e. The molecule has 1 N–H and O–H groups in total. The van der Waals surface area contributed by atoms with Crippen LogP contribution in [0.3, 0.4) is 0 Å². The van der Waals surface area contributed by atoms with Crippen molar-refractivity contribution in [1.82, 2.24) is 9.97 Å². The van der Waals surface area contributed by atoms with Gasteiger partial charge < -0.3 is 5.32 Å². The Labute approximate surface area is 139 Å². The van der Waals surface area contributed by atoms with Crippen LogP contribution in [0.2, 0.25) is 5.02 Å². The first-order chi connectivity index (χ1) is 10.4. The lowest BCUT2D eigenvalue weighted by Gasteiger charge is -2.12. The largest absolute Gasteiger partial charge is 0.325 e. The maximum atomic E-state index is 12.2. The lowest BCUT2D eigenvalue weighted by atomic mass is 10.2. The number of nitrogens with zero attached hydrogens (tertiary/aromatic N) is 2. The molecule has 1 aromatic heterocycles. The minimum Gasteiger partial charge on any atom is -0.325 e. The molecule has 0 radical (unpaired) electrons. The van der Waals surface area contributed by atoms with E-state index in [1.165, 1.54) is 11.8 Å². The van der Waals surface area contributed by atoms with Gasteiger partial charge in [0.15, 0.2) is 5.16 Å². The zero-order valence-corrected chi connectivity index (χ0v) is 14.5. The predicted molar refractivity (Wildman–Crippen MR) is 91.6 cm³/mol. The van der Waals surface area contributed by atoms with Gasteiger partial charge in [-0.2, -0.15) is 0 Å². The van der Waals surface area contributed by atoms with Crippen molar-refractivity contribution in [3.05, 3.63) is 46.2 Å². The molecule has 1 atom stereocenters. The lowest BCUT2D eigenvalue weighted by Crippen LogP contribution is -2.22. The molecule has 116 valence electrons. The van der Waals surface area contributed by atoms with E-state index in [0.29, 0.717) is 10.2 Å². The van der Waals surface area contributed by atoms with Gasteiger partial charge >= 0.3 is 0 Å². The minimum absolute atomic E-state index is 0.0909. The molecule has 0 aliphatic heterocycles. The summed E-state index contributed by atoms with van der Waals surface area (Å²) >= 11 is 7.18. The van der Waals surface area contributed by atoms with E-state index in [2.05, 4.69) is 15.3 Å². The first-order valence-corrected chi connectivity index (χ1v) is 8.17. The highest BCUT2D eigenvalue weighted by Crippen LogP contribution is 2.23. The van der Waals surface area contributed by atoms with E-state index in [-0.39, 0.29) is 11.2 Å². The van der Waals surface area contributed by atoms with E-state index in [9.17, 15) is 4.79 Å². The van der Waals surface area contributed by atoms with Crippen LogP contribution in [0.5, 0.6) is 0 Å². The Morgan fingerprint density at radius 2 is 1.68 bits per heavy atom. The molecule has 1 heterocycles. The Morgan fingerprint density at radius 3 is 2.23 bits per heavy atom. The summed E-state index contributed by atoms with van der Waals surface area (Å²) in [5.41, 5.74) is 3.70. The molecule has 0 aliphatic rings. The van der Waals surface area contributed by atoms with Gasteiger partial charge in [0.25, 0.3) is 0 Å². The Bertz CT molecular complexity index is 665. The summed E-state index contributed by atoms with van der Waals surface area (Å²) in [7, 11) is 0. The summed E-state index contributed by atoms with van der Waals surface area (Å²) in [5.74, 6) is -0.0909. The number of aryl methyl sites for hydroxylation is 2. The fourth-order valence-electron chi connectivity index (χ4n) is 1.78. The van der Waals surface area contributed by atoms with Crippen LogP contribution in [0.1, 0.15) is 23.9 Å². The monoisotopic (exact) mass is 335 g/mol. The smallest absolute Gasteiger partial charge is 0.237 e. The van der Waals surface area contributed by atoms with Gasteiger partial charge in [0.1, 0.15) is 0 Å². The number of hydrogen-bond donors (Lipinski definition) is 1. The summed E-state index contributed by atoms with van der Waals surface area (Å²) in [6.07, 6.45) is 0. The number of halogens is 1. The molecule has 2 aromatic rings. The van der Waals surface area contributed by atoms with E-state index >= 15 is 0 Å². The highest BCUT2D eigenvalue weighted by molar-refractivity contribution is 8.00. The summed E-state index contributed by atoms with van der Waals surface area (Å²) in [5, 5.41) is 3.82. The van der Waals surface area contributed by atoms with Crippen molar-refractivity contribution in [3.8, 4) is 0 Å². The Hall–Kier alpha value is -1.59. The van der Waals surface area contributed by atoms with Crippen molar-refractivity contribution >= 4 is 35.0 Å². The number of carbonyl (C=O) groups excluding carboxylic acids is 1. The average Bonchev–Trinajstić information content (AvgIpc) is 2.47. The molecule has 0 bridgehead atoms. The number of hydrogen-bond acceptors (Lipinski definition) is 4. The number of amides is 1. The van der Waals surface area contributed by atoms with E-state index in [0.717, 1.165) is 22.6 Å². The second kappa shape index (κ2) is 7.11. The molecule has 22 heavy (non-hydrogen) atoms. The summed E-state index contributed by atoms with van der Waals surface area (Å²) < 4.78 is 0. The second-order valence-corrected chi connectivity index (χ2v) is 6.80. The third-order valence-electron chi connectivity index (χ3n) is 3.38. The highest BCUT2D eigenvalue weighted by atomic mass is 35.5. The number of thioether (sulfide) groups is 1. The number of aromatic nitrogens is 2. The number of benzene rings is 1. The first kappa shape index (κ1) is 16.8. The quantitative estimate of drug-likeness (QED) is 0.673. The third-order valence-corrected chi connectivity index (χ3v) is 4.59. The van der Waals surface area contributed by atoms with Gasteiger partial charge in [-0.05, 0) is 57.5 Å². The zero-order valence-electron chi connectivity index (χ0n) is 13.0. The Morgan fingerprint density at radius 1 is 1.14 bits per heavy atom. The zero-order chi connectivity index (χ0) is 16.3. The van der Waals surface area contributed by atoms with E-state index in [4.69, 9.17) is 11.6 Å². The summed E-state index contributed by atoms with van der Waals surface area (Å²) in [4.78, 5) is 21.1. The Kier molecular flexibility index (Phi) is 5.42. The van der Waals surface area contributed by atoms with Crippen LogP contribution in [0.15, 0.2) is 29.4 Å². The molecular weight excluding hydrogens is 318 g/mol. The van der Waals surface area contributed by atoms with Gasteiger partial charge in [-0.25, -0.2) is 9.97 Å². The molecular formula is C16H18ClN3OS. The molecule has 1 amide bonds. The molecule has 4 nitrogen and oxygen atoms in total. The van der Waals surface area contributed by atoms with Crippen molar-refractivity contribution in [2.24, 2.45) is 0 Å². The van der Waals surface area contributed by atoms with Crippen LogP contribution in [0.25, 0.3) is 0 Å². The highest BCUT2D eigenvalue weighted by Gasteiger charge is 2.17. The van der Waals surface area contributed by atoms with Gasteiger partial charge in [-0.3, -0.25) is 4.79 Å². The molecule has 2 rings (SSSR count). The van der Waals surface area contributed by atoms with Crippen molar-refractivity contribution in [2.45, 2.75) is 38.1 Å². The fraction of sp³-hybridized carbons (Fsp3) is 0.312. The standard InChI is InChI=1S/C16H18ClN3OS/c1-9-10(2)18-16(19-11(9)3)22-12(4)15(21)20-14-7-5-13(17)6-8-14/h5-8,12H,1-4H3,(H,20,21)/t12-/m1/s1. The maximum absolute atomic E-state index is 12.2. The van der Waals surface area contributed by atoms with Crippen molar-refractivity contribution in [3.63, 3.8) is 0 Å². The number of nitrogens with one attached hydrogen (secondary N) is 1. The first-order valence-electron chi connectivity index (χ1n) is 6.91. The molecule has 1 aromatic carbocycles. The molecule has 0 spiro atoms. The van der Waals surface area contributed by atoms with Gasteiger partial charge in [-0.1, -0.05) is 23.4 Å². The van der Waals surface area contributed by atoms with Crippen molar-refractivity contribution < 1.29 is 4.79 Å². The van der Waals surface area contributed by atoms with Gasteiger partial charge in [-0.15, -0.1) is 0 Å². The number of anilines is 1. The topological polar surface area (TPSA) is 54.9 Å². The van der Waals surface area contributed by atoms with Crippen LogP contribution in [-0.2, 0) is 4.79 Å². The lowest BCUT2D eigenvalue weighted by molar-refractivity contribution is -0.115. The minimum atomic E-state index is -0.294. The van der Waals surface area contributed by atoms with E-state index in [1.807, 2.05) is 27.7 Å². The van der Waals surface area contributed by atoms with Gasteiger partial charge in [0.2, 0.25) is 5.91 Å². The van der Waals surface area contributed by atoms with Crippen LogP contribution < -0.4 is 5.32 Å². The van der Waals surface area contributed by atoms with Crippen molar-refractivity contribution in [1.29, 1.82) is 0 Å². The summed E-state index contributed by atoms with van der Waals surface area (Å²) in [6, 6.07) is 7.03.